The second-order valence-corrected chi connectivity index (χ2v) is 8.51. The molecule has 3 amide bonds. The van der Waals surface area contributed by atoms with E-state index in [-0.39, 0.29) is 18.9 Å². The minimum absolute atomic E-state index is 0.159. The van der Waals surface area contributed by atoms with Crippen LogP contribution in [0.1, 0.15) is 36.0 Å². The van der Waals surface area contributed by atoms with Gasteiger partial charge < -0.3 is 26.6 Å². The Labute approximate surface area is 207 Å². The molecule has 0 radical (unpaired) electrons. The van der Waals surface area contributed by atoms with E-state index in [4.69, 9.17) is 11.1 Å². The molecule has 1 fully saturated rings. The van der Waals surface area contributed by atoms with E-state index >= 15 is 0 Å². The summed E-state index contributed by atoms with van der Waals surface area (Å²) in [6.45, 7) is -0.895. The Hall–Kier alpha value is -4.09. The van der Waals surface area contributed by atoms with Crippen LogP contribution in [0.15, 0.2) is 36.7 Å². The molecule has 0 bridgehead atoms. The van der Waals surface area contributed by atoms with Crippen molar-refractivity contribution in [3.63, 3.8) is 0 Å². The van der Waals surface area contributed by atoms with E-state index in [2.05, 4.69) is 20.9 Å². The van der Waals surface area contributed by atoms with Gasteiger partial charge in [0.1, 0.15) is 12.7 Å². The number of amides is 3. The van der Waals surface area contributed by atoms with Crippen molar-refractivity contribution in [1.29, 1.82) is 5.41 Å². The summed E-state index contributed by atoms with van der Waals surface area (Å²) in [7, 11) is 0. The predicted molar refractivity (Wildman–Crippen MR) is 131 cm³/mol. The number of nitrogens with zero attached hydrogens (tertiary/aromatic N) is 2. The smallest absolute Gasteiger partial charge is 0.251 e. The lowest BCUT2D eigenvalue weighted by Crippen LogP contribution is -2.52. The SMILES string of the molecule is N=C(N)NCCC[C@H](NC(=O)[C@@H]1CCCN1C(=O)CNC(=O)c1ccc2ccncc2c1)C(=O)CF. The maximum Gasteiger partial charge on any atom is 0.251 e. The summed E-state index contributed by atoms with van der Waals surface area (Å²) in [4.78, 5) is 55.6. The summed E-state index contributed by atoms with van der Waals surface area (Å²) >= 11 is 0. The van der Waals surface area contributed by atoms with Crippen molar-refractivity contribution in [2.45, 2.75) is 37.8 Å². The van der Waals surface area contributed by atoms with Gasteiger partial charge in [-0.15, -0.1) is 0 Å². The van der Waals surface area contributed by atoms with Crippen molar-refractivity contribution in [2.24, 2.45) is 5.73 Å². The molecule has 0 spiro atoms. The van der Waals surface area contributed by atoms with Gasteiger partial charge in [-0.2, -0.15) is 0 Å². The zero-order chi connectivity index (χ0) is 26.1. The highest BCUT2D eigenvalue weighted by Crippen LogP contribution is 2.18. The highest BCUT2D eigenvalue weighted by Gasteiger charge is 2.35. The van der Waals surface area contributed by atoms with Crippen molar-refractivity contribution >= 4 is 40.2 Å². The van der Waals surface area contributed by atoms with Crippen molar-refractivity contribution in [1.82, 2.24) is 25.8 Å². The van der Waals surface area contributed by atoms with E-state index in [0.717, 1.165) is 10.8 Å². The topological polar surface area (TPSA) is 170 Å². The Bertz CT molecular complexity index is 1140. The van der Waals surface area contributed by atoms with Gasteiger partial charge in [-0.25, -0.2) is 4.39 Å². The highest BCUT2D eigenvalue weighted by molar-refractivity contribution is 6.00. The third-order valence-electron chi connectivity index (χ3n) is 6.00. The lowest BCUT2D eigenvalue weighted by Gasteiger charge is -2.26. The minimum atomic E-state index is -1.23. The van der Waals surface area contributed by atoms with Gasteiger partial charge in [0.05, 0.1) is 12.6 Å². The molecular weight excluding hydrogens is 469 g/mol. The van der Waals surface area contributed by atoms with Crippen molar-refractivity contribution < 1.29 is 23.6 Å². The van der Waals surface area contributed by atoms with E-state index in [0.29, 0.717) is 37.9 Å². The molecule has 1 aliphatic heterocycles. The van der Waals surface area contributed by atoms with Crippen LogP contribution in [-0.4, -0.2) is 77.7 Å². The molecule has 192 valence electrons. The molecule has 36 heavy (non-hydrogen) atoms. The second-order valence-electron chi connectivity index (χ2n) is 8.51. The first-order chi connectivity index (χ1) is 17.3. The van der Waals surface area contributed by atoms with E-state index < -0.39 is 42.3 Å². The summed E-state index contributed by atoms with van der Waals surface area (Å²) in [6, 6.07) is 5.10. The first-order valence-corrected chi connectivity index (χ1v) is 11.7. The van der Waals surface area contributed by atoms with E-state index in [1.54, 1.807) is 30.6 Å². The Morgan fingerprint density at radius 1 is 1.19 bits per heavy atom. The summed E-state index contributed by atoms with van der Waals surface area (Å²) < 4.78 is 13.0. The number of aromatic nitrogens is 1. The fourth-order valence-electron chi connectivity index (χ4n) is 4.13. The number of carbonyl (C=O) groups excluding carboxylic acids is 4. The molecule has 2 atom stereocenters. The van der Waals surface area contributed by atoms with Crippen LogP contribution in [0.25, 0.3) is 10.8 Å². The minimum Gasteiger partial charge on any atom is -0.370 e. The molecule has 0 unspecified atom stereocenters. The molecule has 0 aliphatic carbocycles. The van der Waals surface area contributed by atoms with Gasteiger partial charge in [-0.05, 0) is 49.3 Å². The number of benzene rings is 1. The molecule has 6 N–H and O–H groups in total. The number of alkyl halides is 1. The molecule has 1 saturated heterocycles. The maximum atomic E-state index is 13.0. The summed E-state index contributed by atoms with van der Waals surface area (Å²) in [5.74, 6) is -2.39. The number of fused-ring (bicyclic) bond motifs is 1. The number of nitrogens with two attached hydrogens (primary N) is 1. The molecular formula is C24H30FN7O4. The van der Waals surface area contributed by atoms with Crippen LogP contribution in [0.3, 0.4) is 0 Å². The molecule has 1 aliphatic rings. The van der Waals surface area contributed by atoms with Crippen LogP contribution >= 0.6 is 0 Å². The van der Waals surface area contributed by atoms with Crippen LogP contribution in [0.5, 0.6) is 0 Å². The van der Waals surface area contributed by atoms with Gasteiger partial charge in [0.15, 0.2) is 11.7 Å². The van der Waals surface area contributed by atoms with Gasteiger partial charge in [-0.1, -0.05) is 6.07 Å². The number of Topliss-reactive ketones (excluding diaryl/α,β-unsaturated/α-hetero) is 1. The Morgan fingerprint density at radius 2 is 2.00 bits per heavy atom. The van der Waals surface area contributed by atoms with E-state index in [9.17, 15) is 23.6 Å². The average molecular weight is 500 g/mol. The molecule has 3 rings (SSSR count). The van der Waals surface area contributed by atoms with Crippen molar-refractivity contribution in [3.05, 3.63) is 42.2 Å². The zero-order valence-corrected chi connectivity index (χ0v) is 19.8. The molecule has 12 heteroatoms. The molecule has 1 aromatic carbocycles. The Morgan fingerprint density at radius 3 is 2.75 bits per heavy atom. The van der Waals surface area contributed by atoms with Crippen LogP contribution in [0.4, 0.5) is 4.39 Å². The molecule has 0 saturated carbocycles. The van der Waals surface area contributed by atoms with Crippen LogP contribution in [0, 0.1) is 5.41 Å². The number of nitrogens with one attached hydrogen (secondary N) is 4. The number of pyridine rings is 1. The largest absolute Gasteiger partial charge is 0.370 e. The first kappa shape index (κ1) is 26.5. The van der Waals surface area contributed by atoms with Crippen LogP contribution in [0.2, 0.25) is 0 Å². The second kappa shape index (κ2) is 12.6. The molecule has 1 aromatic heterocycles. The quantitative estimate of drug-likeness (QED) is 0.167. The Kier molecular flexibility index (Phi) is 9.25. The maximum absolute atomic E-state index is 13.0. The summed E-state index contributed by atoms with van der Waals surface area (Å²) in [5, 5.41) is 16.6. The lowest BCUT2D eigenvalue weighted by atomic mass is 10.1. The highest BCUT2D eigenvalue weighted by atomic mass is 19.1. The molecule has 11 nitrogen and oxygen atoms in total. The fraction of sp³-hybridized carbons (Fsp3) is 0.417. The standard InChI is InChI=1S/C24H30FN7O4/c25-12-20(33)18(3-1-8-29-24(26)27)31-23(36)19-4-2-10-32(19)21(34)14-30-22(35)16-6-5-15-7-9-28-13-17(15)11-16/h5-7,9,11,13,18-19H,1-4,8,10,12,14H2,(H,30,35)(H,31,36)(H4,26,27,29)/t18-,19-/m0/s1. The zero-order valence-electron chi connectivity index (χ0n) is 19.8. The summed E-state index contributed by atoms with van der Waals surface area (Å²) in [5.41, 5.74) is 5.59. The first-order valence-electron chi connectivity index (χ1n) is 11.7. The number of guanidine groups is 1. The third-order valence-corrected chi connectivity index (χ3v) is 6.00. The summed E-state index contributed by atoms with van der Waals surface area (Å²) in [6.07, 6.45) is 4.81. The number of hydrogen-bond donors (Lipinski definition) is 5. The number of halogens is 1. The van der Waals surface area contributed by atoms with Crippen molar-refractivity contribution in [3.8, 4) is 0 Å². The average Bonchev–Trinajstić information content (AvgIpc) is 3.38. The normalized spacial score (nSPS) is 15.8. The van der Waals surface area contributed by atoms with Crippen LogP contribution < -0.4 is 21.7 Å². The van der Waals surface area contributed by atoms with Gasteiger partial charge >= 0.3 is 0 Å². The predicted octanol–water partition coefficient (Wildman–Crippen LogP) is 0.242. The van der Waals surface area contributed by atoms with E-state index in [1.807, 2.05) is 6.07 Å². The van der Waals surface area contributed by atoms with Gasteiger partial charge in [0.2, 0.25) is 11.8 Å². The van der Waals surface area contributed by atoms with Crippen LogP contribution in [-0.2, 0) is 14.4 Å². The molecule has 2 heterocycles. The number of ketones is 1. The molecule has 2 aromatic rings. The van der Waals surface area contributed by atoms with E-state index in [1.165, 1.54) is 4.90 Å². The van der Waals surface area contributed by atoms with Gasteiger partial charge in [0, 0.05) is 36.4 Å². The third kappa shape index (κ3) is 6.96. The van der Waals surface area contributed by atoms with Crippen molar-refractivity contribution in [2.75, 3.05) is 26.3 Å². The van der Waals surface area contributed by atoms with Gasteiger partial charge in [-0.3, -0.25) is 29.6 Å². The Balaban J connectivity index is 1.55. The lowest BCUT2D eigenvalue weighted by molar-refractivity contribution is -0.138. The number of hydrogen-bond acceptors (Lipinski definition) is 6. The van der Waals surface area contributed by atoms with Gasteiger partial charge in [0.25, 0.3) is 5.91 Å². The fourth-order valence-corrected chi connectivity index (χ4v) is 4.13. The number of rotatable bonds is 11. The monoisotopic (exact) mass is 499 g/mol. The number of likely N-dealkylation sites (tertiary alicyclic amines) is 1. The number of carbonyl (C=O) groups is 4.